The van der Waals surface area contributed by atoms with E-state index in [9.17, 15) is 9.59 Å². The number of benzene rings is 1. The molecule has 0 spiro atoms. The Bertz CT molecular complexity index is 733. The van der Waals surface area contributed by atoms with Crippen molar-refractivity contribution in [2.24, 2.45) is 5.92 Å². The van der Waals surface area contributed by atoms with Crippen LogP contribution in [-0.4, -0.2) is 56.3 Å². The molecule has 1 saturated heterocycles. The Morgan fingerprint density at radius 1 is 1.30 bits per heavy atom. The van der Waals surface area contributed by atoms with E-state index in [0.29, 0.717) is 19.6 Å². The van der Waals surface area contributed by atoms with Crippen LogP contribution in [0.5, 0.6) is 5.75 Å². The van der Waals surface area contributed by atoms with E-state index >= 15 is 0 Å². The van der Waals surface area contributed by atoms with E-state index in [-0.39, 0.29) is 24.3 Å². The van der Waals surface area contributed by atoms with Crippen LogP contribution < -0.4 is 4.74 Å². The van der Waals surface area contributed by atoms with Crippen LogP contribution in [0.3, 0.4) is 0 Å². The zero-order valence-electron chi connectivity index (χ0n) is 15.9. The lowest BCUT2D eigenvalue weighted by Gasteiger charge is -2.38. The van der Waals surface area contributed by atoms with Gasteiger partial charge in [-0.1, -0.05) is 6.07 Å². The van der Waals surface area contributed by atoms with Gasteiger partial charge in [0.25, 0.3) is 0 Å². The fourth-order valence-corrected chi connectivity index (χ4v) is 3.60. The minimum absolute atomic E-state index is 0. The van der Waals surface area contributed by atoms with Crippen molar-refractivity contribution >= 4 is 36.0 Å². The van der Waals surface area contributed by atoms with Gasteiger partial charge in [-0.05, 0) is 48.3 Å². The maximum atomic E-state index is 12.3. The van der Waals surface area contributed by atoms with E-state index in [1.54, 1.807) is 14.0 Å². The van der Waals surface area contributed by atoms with Crippen LogP contribution in [0.15, 0.2) is 18.2 Å². The van der Waals surface area contributed by atoms with Crippen LogP contribution >= 0.6 is 12.4 Å². The largest absolute Gasteiger partial charge is 0.497 e. The fourth-order valence-electron chi connectivity index (χ4n) is 3.60. The second-order valence-electron chi connectivity index (χ2n) is 6.65. The number of hydrogen-bond acceptors (Lipinski definition) is 6. The van der Waals surface area contributed by atoms with E-state index in [1.807, 2.05) is 18.2 Å². The number of piperidine rings is 1. The van der Waals surface area contributed by atoms with Crippen LogP contribution in [0, 0.1) is 5.92 Å². The first-order valence-corrected chi connectivity index (χ1v) is 8.97. The van der Waals surface area contributed by atoms with Crippen LogP contribution in [0.1, 0.15) is 31.4 Å². The molecule has 0 saturated carbocycles. The molecule has 1 heterocycles. The van der Waals surface area contributed by atoms with E-state index in [2.05, 4.69) is 11.0 Å². The Morgan fingerprint density at radius 2 is 2.07 bits per heavy atom. The number of nitrogens with zero attached hydrogens (tertiary/aromatic N) is 1. The van der Waals surface area contributed by atoms with Crippen LogP contribution in [0.2, 0.25) is 0 Å². The minimum atomic E-state index is -0.446. The molecule has 1 fully saturated rings. The van der Waals surface area contributed by atoms with Gasteiger partial charge in [0, 0.05) is 26.6 Å². The molecule has 6 nitrogen and oxygen atoms in total. The van der Waals surface area contributed by atoms with Gasteiger partial charge in [0.05, 0.1) is 13.7 Å². The van der Waals surface area contributed by atoms with Gasteiger partial charge in [0.1, 0.15) is 17.8 Å². The molecule has 0 aromatic heterocycles. The third-order valence-corrected chi connectivity index (χ3v) is 4.87. The van der Waals surface area contributed by atoms with E-state index in [4.69, 9.17) is 14.2 Å². The van der Waals surface area contributed by atoms with Gasteiger partial charge in [-0.3, -0.25) is 14.5 Å². The lowest BCUT2D eigenvalue weighted by molar-refractivity contribution is -0.164. The predicted octanol–water partition coefficient (Wildman–Crippen LogP) is 2.79. The van der Waals surface area contributed by atoms with Crippen molar-refractivity contribution < 1.29 is 23.8 Å². The monoisotopic (exact) mass is 395 g/mol. The zero-order valence-corrected chi connectivity index (χ0v) is 16.7. The smallest absolute Gasteiger partial charge is 0.314 e. The van der Waals surface area contributed by atoms with Gasteiger partial charge in [-0.2, -0.15) is 0 Å². The number of esters is 2. The molecule has 2 aliphatic rings. The number of carbonyl (C=O) groups excluding carboxylic acids is 2. The SMILES string of the molecule is CCOC(=O)[C@H]1CN(CC2=Cc3ccc(OC)cc32)CC[C@H]1OC(C)=O.Cl. The molecule has 1 aromatic rings. The lowest BCUT2D eigenvalue weighted by atomic mass is 9.87. The highest BCUT2D eigenvalue weighted by atomic mass is 35.5. The number of ether oxygens (including phenoxy) is 3. The summed E-state index contributed by atoms with van der Waals surface area (Å²) in [5.74, 6) is -0.265. The highest BCUT2D eigenvalue weighted by Gasteiger charge is 2.38. The highest BCUT2D eigenvalue weighted by molar-refractivity contribution is 5.96. The number of methoxy groups -OCH3 is 1. The van der Waals surface area contributed by atoms with Gasteiger partial charge < -0.3 is 14.2 Å². The van der Waals surface area contributed by atoms with Crippen molar-refractivity contribution in [3.8, 4) is 5.75 Å². The van der Waals surface area contributed by atoms with Gasteiger partial charge in [0.2, 0.25) is 0 Å². The van der Waals surface area contributed by atoms with Crippen LogP contribution in [0.4, 0.5) is 0 Å². The molecule has 27 heavy (non-hydrogen) atoms. The molecule has 1 aromatic carbocycles. The summed E-state index contributed by atoms with van der Waals surface area (Å²) in [5, 5.41) is 0. The highest BCUT2D eigenvalue weighted by Crippen LogP contribution is 2.36. The van der Waals surface area contributed by atoms with Crippen molar-refractivity contribution in [1.29, 1.82) is 0 Å². The Labute approximate surface area is 165 Å². The van der Waals surface area contributed by atoms with E-state index < -0.39 is 12.0 Å². The van der Waals surface area contributed by atoms with Crippen LogP contribution in [0.25, 0.3) is 11.6 Å². The topological polar surface area (TPSA) is 65.1 Å². The second-order valence-corrected chi connectivity index (χ2v) is 6.65. The Morgan fingerprint density at radius 3 is 2.74 bits per heavy atom. The number of halogens is 1. The lowest BCUT2D eigenvalue weighted by Crippen LogP contribution is -2.49. The third kappa shape index (κ3) is 4.82. The summed E-state index contributed by atoms with van der Waals surface area (Å²) >= 11 is 0. The molecule has 0 bridgehead atoms. The maximum Gasteiger partial charge on any atom is 0.314 e. The Kier molecular flexibility index (Phi) is 7.27. The normalized spacial score (nSPS) is 21.1. The first kappa shape index (κ1) is 21.3. The third-order valence-electron chi connectivity index (χ3n) is 4.87. The molecule has 0 N–H and O–H groups in total. The molecular formula is C20H26ClNO5. The summed E-state index contributed by atoms with van der Waals surface area (Å²) in [5.41, 5.74) is 3.63. The number of fused-ring (bicyclic) bond motifs is 1. The molecule has 7 heteroatoms. The number of rotatable bonds is 6. The summed E-state index contributed by atoms with van der Waals surface area (Å²) < 4.78 is 15.8. The van der Waals surface area contributed by atoms with Gasteiger partial charge in [0.15, 0.2) is 0 Å². The molecular weight excluding hydrogens is 370 g/mol. The summed E-state index contributed by atoms with van der Waals surface area (Å²) in [6, 6.07) is 6.04. The Balaban J connectivity index is 0.00000261. The first-order valence-electron chi connectivity index (χ1n) is 8.97. The Hall–Kier alpha value is -2.05. The van der Waals surface area contributed by atoms with Crippen molar-refractivity contribution in [2.45, 2.75) is 26.4 Å². The van der Waals surface area contributed by atoms with Gasteiger partial charge in [-0.25, -0.2) is 0 Å². The maximum absolute atomic E-state index is 12.3. The fraction of sp³-hybridized carbons (Fsp3) is 0.500. The summed E-state index contributed by atoms with van der Waals surface area (Å²) in [6.07, 6.45) is 2.37. The summed E-state index contributed by atoms with van der Waals surface area (Å²) in [7, 11) is 1.66. The van der Waals surface area contributed by atoms with Crippen molar-refractivity contribution in [3.05, 3.63) is 29.3 Å². The molecule has 0 unspecified atom stereocenters. The average Bonchev–Trinajstić information content (AvgIpc) is 2.60. The number of hydrogen-bond donors (Lipinski definition) is 0. The van der Waals surface area contributed by atoms with E-state index in [0.717, 1.165) is 18.8 Å². The first-order chi connectivity index (χ1) is 12.5. The average molecular weight is 396 g/mol. The minimum Gasteiger partial charge on any atom is -0.497 e. The summed E-state index contributed by atoms with van der Waals surface area (Å²) in [6.45, 7) is 5.52. The molecule has 1 aliphatic heterocycles. The zero-order chi connectivity index (χ0) is 18.7. The van der Waals surface area contributed by atoms with Gasteiger partial charge >= 0.3 is 11.9 Å². The molecule has 0 radical (unpaired) electrons. The van der Waals surface area contributed by atoms with E-state index in [1.165, 1.54) is 23.6 Å². The molecule has 3 rings (SSSR count). The molecule has 0 amide bonds. The van der Waals surface area contributed by atoms with Gasteiger partial charge in [-0.15, -0.1) is 12.4 Å². The number of carbonyl (C=O) groups is 2. The predicted molar refractivity (Wildman–Crippen MR) is 105 cm³/mol. The standard InChI is InChI=1S/C20H25NO5.ClH/c1-4-25-20(23)18-12-21(8-7-19(18)26-13(2)22)11-15-9-14-5-6-16(24-3)10-17(14)15;/h5-6,9-10,18-19H,4,7-8,11-12H2,1-3H3;1H/t18-,19+;/m0./s1. The molecule has 2 atom stereocenters. The molecule has 1 aliphatic carbocycles. The second kappa shape index (κ2) is 9.24. The number of likely N-dealkylation sites (tertiary alicyclic amines) is 1. The van der Waals surface area contributed by atoms with Crippen molar-refractivity contribution in [2.75, 3.05) is 33.4 Å². The summed E-state index contributed by atoms with van der Waals surface area (Å²) in [4.78, 5) is 25.9. The quantitative estimate of drug-likeness (QED) is 0.690. The van der Waals surface area contributed by atoms with Crippen molar-refractivity contribution in [3.63, 3.8) is 0 Å². The molecule has 148 valence electrons. The van der Waals surface area contributed by atoms with Crippen molar-refractivity contribution in [1.82, 2.24) is 4.90 Å². The van der Waals surface area contributed by atoms with Crippen LogP contribution in [-0.2, 0) is 19.1 Å².